The van der Waals surface area contributed by atoms with Gasteiger partial charge >= 0.3 is 0 Å². The van der Waals surface area contributed by atoms with Crippen LogP contribution in [0, 0.1) is 11.3 Å². The summed E-state index contributed by atoms with van der Waals surface area (Å²) in [5.41, 5.74) is 2.73. The van der Waals surface area contributed by atoms with E-state index in [9.17, 15) is 0 Å². The average Bonchev–Trinajstić information content (AvgIpc) is 2.94. The molecule has 26 heavy (non-hydrogen) atoms. The SMILES string of the molecule is CC(C)(C)CC1NCC(c2ccc(Cl)cc2)C1CNc1cccc(Cl)c1. The highest BCUT2D eigenvalue weighted by Gasteiger charge is 2.38. The lowest BCUT2D eigenvalue weighted by atomic mass is 9.79. The van der Waals surface area contributed by atoms with Crippen LogP contribution in [0.4, 0.5) is 5.69 Å². The molecular weight excluding hydrogens is 363 g/mol. The summed E-state index contributed by atoms with van der Waals surface area (Å²) >= 11 is 12.2. The van der Waals surface area contributed by atoms with Crippen molar-refractivity contribution >= 4 is 28.9 Å². The Labute approximate surface area is 167 Å². The van der Waals surface area contributed by atoms with Crippen LogP contribution >= 0.6 is 23.2 Å². The number of hydrogen-bond acceptors (Lipinski definition) is 2. The van der Waals surface area contributed by atoms with Crippen molar-refractivity contribution in [3.8, 4) is 0 Å². The molecule has 3 atom stereocenters. The molecule has 0 radical (unpaired) electrons. The third-order valence-electron chi connectivity index (χ3n) is 5.13. The number of halogens is 2. The van der Waals surface area contributed by atoms with Crippen molar-refractivity contribution in [2.75, 3.05) is 18.4 Å². The standard InChI is InChI=1S/C22H28Cl2N2/c1-22(2,3)12-21-20(14-25-18-6-4-5-17(24)11-18)19(13-26-21)15-7-9-16(23)10-8-15/h4-11,19-21,25-26H,12-14H2,1-3H3. The molecule has 1 heterocycles. The minimum Gasteiger partial charge on any atom is -0.385 e. The van der Waals surface area contributed by atoms with Crippen LogP contribution in [0.15, 0.2) is 48.5 Å². The van der Waals surface area contributed by atoms with E-state index in [0.717, 1.165) is 35.2 Å². The normalized spacial score (nSPS) is 23.2. The Balaban J connectivity index is 1.78. The van der Waals surface area contributed by atoms with E-state index in [2.05, 4.69) is 49.6 Å². The van der Waals surface area contributed by atoms with E-state index >= 15 is 0 Å². The Bertz CT molecular complexity index is 722. The van der Waals surface area contributed by atoms with Crippen LogP contribution in [-0.4, -0.2) is 19.1 Å². The summed E-state index contributed by atoms with van der Waals surface area (Å²) in [6.07, 6.45) is 1.15. The second-order valence-corrected chi connectivity index (χ2v) is 9.37. The van der Waals surface area contributed by atoms with Crippen LogP contribution in [0.1, 0.15) is 38.7 Å². The van der Waals surface area contributed by atoms with Gasteiger partial charge in [-0.2, -0.15) is 0 Å². The summed E-state index contributed by atoms with van der Waals surface area (Å²) in [5, 5.41) is 8.93. The molecule has 4 heteroatoms. The van der Waals surface area contributed by atoms with Crippen LogP contribution in [-0.2, 0) is 0 Å². The fraction of sp³-hybridized carbons (Fsp3) is 0.455. The Morgan fingerprint density at radius 2 is 1.77 bits per heavy atom. The second kappa shape index (κ2) is 8.21. The Morgan fingerprint density at radius 1 is 1.04 bits per heavy atom. The molecule has 3 rings (SSSR count). The molecule has 0 aliphatic carbocycles. The molecule has 1 fully saturated rings. The van der Waals surface area contributed by atoms with Crippen LogP contribution < -0.4 is 10.6 Å². The quantitative estimate of drug-likeness (QED) is 0.633. The van der Waals surface area contributed by atoms with Gasteiger partial charge in [0, 0.05) is 40.8 Å². The van der Waals surface area contributed by atoms with Crippen molar-refractivity contribution in [1.29, 1.82) is 0 Å². The predicted octanol–water partition coefficient (Wildman–Crippen LogP) is 6.21. The summed E-state index contributed by atoms with van der Waals surface area (Å²) in [6, 6.07) is 16.8. The molecular formula is C22H28Cl2N2. The lowest BCUT2D eigenvalue weighted by molar-refractivity contribution is 0.286. The maximum absolute atomic E-state index is 6.13. The molecule has 2 nitrogen and oxygen atoms in total. The molecule has 0 spiro atoms. The molecule has 1 aliphatic rings. The average molecular weight is 391 g/mol. The molecule has 3 unspecified atom stereocenters. The van der Waals surface area contributed by atoms with Crippen LogP contribution in [0.25, 0.3) is 0 Å². The van der Waals surface area contributed by atoms with Gasteiger partial charge in [-0.3, -0.25) is 0 Å². The van der Waals surface area contributed by atoms with E-state index in [1.165, 1.54) is 5.56 Å². The van der Waals surface area contributed by atoms with Crippen molar-refractivity contribution in [1.82, 2.24) is 5.32 Å². The number of benzene rings is 2. The number of nitrogens with one attached hydrogen (secondary N) is 2. The van der Waals surface area contributed by atoms with Crippen molar-refractivity contribution in [3.05, 3.63) is 64.1 Å². The lowest BCUT2D eigenvalue weighted by Crippen LogP contribution is -2.35. The molecule has 140 valence electrons. The molecule has 1 aliphatic heterocycles. The van der Waals surface area contributed by atoms with Crippen molar-refractivity contribution in [2.45, 2.75) is 39.2 Å². The predicted molar refractivity (Wildman–Crippen MR) is 113 cm³/mol. The first-order valence-corrected chi connectivity index (χ1v) is 10.1. The summed E-state index contributed by atoms with van der Waals surface area (Å²) in [7, 11) is 0. The molecule has 2 N–H and O–H groups in total. The topological polar surface area (TPSA) is 24.1 Å². The molecule has 0 amide bonds. The van der Waals surface area contributed by atoms with Gasteiger partial charge in [0.05, 0.1) is 0 Å². The van der Waals surface area contributed by atoms with Gasteiger partial charge < -0.3 is 10.6 Å². The maximum Gasteiger partial charge on any atom is 0.0426 e. The highest BCUT2D eigenvalue weighted by Crippen LogP contribution is 2.37. The monoisotopic (exact) mass is 390 g/mol. The summed E-state index contributed by atoms with van der Waals surface area (Å²) < 4.78 is 0. The van der Waals surface area contributed by atoms with Gasteiger partial charge in [0.1, 0.15) is 0 Å². The van der Waals surface area contributed by atoms with Crippen molar-refractivity contribution in [2.24, 2.45) is 11.3 Å². The molecule has 0 aromatic heterocycles. The van der Waals surface area contributed by atoms with E-state index in [0.29, 0.717) is 23.3 Å². The smallest absolute Gasteiger partial charge is 0.0426 e. The minimum atomic E-state index is 0.293. The first-order chi connectivity index (χ1) is 12.3. The number of hydrogen-bond donors (Lipinski definition) is 2. The molecule has 0 bridgehead atoms. The van der Waals surface area contributed by atoms with E-state index in [-0.39, 0.29) is 0 Å². The third-order valence-corrected chi connectivity index (χ3v) is 5.62. The first kappa shape index (κ1) is 19.5. The zero-order valence-electron chi connectivity index (χ0n) is 15.7. The highest BCUT2D eigenvalue weighted by molar-refractivity contribution is 6.31. The van der Waals surface area contributed by atoms with Crippen molar-refractivity contribution < 1.29 is 0 Å². The maximum atomic E-state index is 6.13. The molecule has 2 aromatic rings. The van der Waals surface area contributed by atoms with Gasteiger partial charge in [0.15, 0.2) is 0 Å². The van der Waals surface area contributed by atoms with Crippen LogP contribution in [0.5, 0.6) is 0 Å². The Morgan fingerprint density at radius 3 is 2.42 bits per heavy atom. The lowest BCUT2D eigenvalue weighted by Gasteiger charge is -2.30. The number of rotatable bonds is 5. The van der Waals surface area contributed by atoms with Gasteiger partial charge in [-0.05, 0) is 53.6 Å². The fourth-order valence-electron chi connectivity index (χ4n) is 3.94. The summed E-state index contributed by atoms with van der Waals surface area (Å²) in [4.78, 5) is 0. The molecule has 2 aromatic carbocycles. The van der Waals surface area contributed by atoms with Gasteiger partial charge in [0.25, 0.3) is 0 Å². The Hall–Kier alpha value is -1.22. The largest absolute Gasteiger partial charge is 0.385 e. The minimum absolute atomic E-state index is 0.293. The van der Waals surface area contributed by atoms with E-state index < -0.39 is 0 Å². The van der Waals surface area contributed by atoms with Crippen LogP contribution in [0.2, 0.25) is 10.0 Å². The van der Waals surface area contributed by atoms with Crippen LogP contribution in [0.3, 0.4) is 0 Å². The third kappa shape index (κ3) is 5.16. The van der Waals surface area contributed by atoms with Gasteiger partial charge in [-0.1, -0.05) is 62.2 Å². The first-order valence-electron chi connectivity index (χ1n) is 9.30. The fourth-order valence-corrected chi connectivity index (χ4v) is 4.25. The van der Waals surface area contributed by atoms with E-state index in [1.807, 2.05) is 30.3 Å². The highest BCUT2D eigenvalue weighted by atomic mass is 35.5. The van der Waals surface area contributed by atoms with E-state index in [4.69, 9.17) is 23.2 Å². The van der Waals surface area contributed by atoms with Gasteiger partial charge in [0.2, 0.25) is 0 Å². The zero-order chi connectivity index (χ0) is 18.7. The molecule has 0 saturated carbocycles. The van der Waals surface area contributed by atoms with Crippen molar-refractivity contribution in [3.63, 3.8) is 0 Å². The summed E-state index contributed by atoms with van der Waals surface area (Å²) in [5.74, 6) is 0.987. The van der Waals surface area contributed by atoms with Gasteiger partial charge in [-0.25, -0.2) is 0 Å². The number of anilines is 1. The zero-order valence-corrected chi connectivity index (χ0v) is 17.2. The van der Waals surface area contributed by atoms with Gasteiger partial charge in [-0.15, -0.1) is 0 Å². The second-order valence-electron chi connectivity index (χ2n) is 8.49. The van der Waals surface area contributed by atoms with E-state index in [1.54, 1.807) is 0 Å². The molecule has 1 saturated heterocycles. The Kier molecular flexibility index (Phi) is 6.17. The summed E-state index contributed by atoms with van der Waals surface area (Å²) in [6.45, 7) is 8.86.